The number of thiazole rings is 1. The van der Waals surface area contributed by atoms with Crippen molar-refractivity contribution in [1.82, 2.24) is 10.3 Å². The van der Waals surface area contributed by atoms with E-state index in [9.17, 15) is 4.79 Å². The molecule has 25 heavy (non-hydrogen) atoms. The molecule has 0 aliphatic rings. The van der Waals surface area contributed by atoms with Crippen molar-refractivity contribution in [1.29, 1.82) is 0 Å². The maximum Gasteiger partial charge on any atom is 0.233 e. The summed E-state index contributed by atoms with van der Waals surface area (Å²) in [7, 11) is 0. The molecule has 1 heterocycles. The fourth-order valence-corrected chi connectivity index (χ4v) is 4.37. The highest BCUT2D eigenvalue weighted by Gasteiger charge is 2.16. The van der Waals surface area contributed by atoms with Crippen LogP contribution in [0.5, 0.6) is 0 Å². The number of hydrogen-bond donors (Lipinski definition) is 1. The van der Waals surface area contributed by atoms with Crippen molar-refractivity contribution in [3.8, 4) is 11.3 Å². The summed E-state index contributed by atoms with van der Waals surface area (Å²) in [6.07, 6.45) is 0.847. The first kappa shape index (κ1) is 17.7. The van der Waals surface area contributed by atoms with Crippen LogP contribution >= 0.6 is 23.1 Å². The van der Waals surface area contributed by atoms with Crippen LogP contribution in [0.15, 0.2) is 70.4 Å². The van der Waals surface area contributed by atoms with E-state index in [0.29, 0.717) is 6.54 Å². The second-order valence-corrected chi connectivity index (χ2v) is 8.10. The van der Waals surface area contributed by atoms with Crippen LogP contribution in [-0.4, -0.2) is 22.7 Å². The van der Waals surface area contributed by atoms with Crippen molar-refractivity contribution in [2.75, 3.05) is 6.54 Å². The van der Waals surface area contributed by atoms with Crippen molar-refractivity contribution in [2.24, 2.45) is 0 Å². The van der Waals surface area contributed by atoms with Gasteiger partial charge in [-0.25, -0.2) is 4.98 Å². The summed E-state index contributed by atoms with van der Waals surface area (Å²) in [6, 6.07) is 20.3. The van der Waals surface area contributed by atoms with Gasteiger partial charge < -0.3 is 5.32 Å². The molecule has 3 rings (SSSR count). The van der Waals surface area contributed by atoms with Crippen LogP contribution in [0.25, 0.3) is 11.3 Å². The zero-order chi connectivity index (χ0) is 17.5. The van der Waals surface area contributed by atoms with Crippen LogP contribution in [0.3, 0.4) is 0 Å². The van der Waals surface area contributed by atoms with Crippen LogP contribution in [0.1, 0.15) is 12.5 Å². The molecule has 0 saturated heterocycles. The Bertz CT molecular complexity index is 803. The number of thioether (sulfide) groups is 1. The Hall–Kier alpha value is -2.11. The SMILES string of the molecule is C[C@H](Sc1nc(-c2ccccc2)cs1)C(=O)NCCc1ccccc1. The van der Waals surface area contributed by atoms with Crippen LogP contribution in [-0.2, 0) is 11.2 Å². The molecule has 1 N–H and O–H groups in total. The maximum atomic E-state index is 12.3. The van der Waals surface area contributed by atoms with E-state index < -0.39 is 0 Å². The minimum Gasteiger partial charge on any atom is -0.355 e. The predicted octanol–water partition coefficient (Wildman–Crippen LogP) is 4.65. The molecule has 0 spiro atoms. The summed E-state index contributed by atoms with van der Waals surface area (Å²) in [6.45, 7) is 2.58. The molecule has 1 atom stereocenters. The van der Waals surface area contributed by atoms with Gasteiger partial charge in [0.05, 0.1) is 10.9 Å². The first-order chi connectivity index (χ1) is 12.2. The van der Waals surface area contributed by atoms with E-state index in [4.69, 9.17) is 0 Å². The summed E-state index contributed by atoms with van der Waals surface area (Å²) in [5, 5.41) is 4.88. The van der Waals surface area contributed by atoms with E-state index in [-0.39, 0.29) is 11.2 Å². The molecule has 1 aromatic heterocycles. The zero-order valence-electron chi connectivity index (χ0n) is 14.0. The standard InChI is InChI=1S/C20H20N2OS2/c1-15(19(23)21-13-12-16-8-4-2-5-9-16)25-20-22-18(14-24-20)17-10-6-3-7-11-17/h2-11,14-15H,12-13H2,1H3,(H,21,23)/t15-/m0/s1. The smallest absolute Gasteiger partial charge is 0.233 e. The first-order valence-electron chi connectivity index (χ1n) is 8.21. The third-order valence-corrected chi connectivity index (χ3v) is 5.83. The number of benzene rings is 2. The summed E-state index contributed by atoms with van der Waals surface area (Å²) in [4.78, 5) is 16.9. The molecule has 1 amide bonds. The number of aromatic nitrogens is 1. The van der Waals surface area contributed by atoms with E-state index in [1.165, 1.54) is 17.3 Å². The average molecular weight is 369 g/mol. The highest BCUT2D eigenvalue weighted by atomic mass is 32.2. The largest absolute Gasteiger partial charge is 0.355 e. The number of nitrogens with one attached hydrogen (secondary N) is 1. The van der Waals surface area contributed by atoms with Gasteiger partial charge in [0.15, 0.2) is 4.34 Å². The molecule has 0 aliphatic heterocycles. The van der Waals surface area contributed by atoms with Gasteiger partial charge in [-0.2, -0.15) is 0 Å². The highest BCUT2D eigenvalue weighted by Crippen LogP contribution is 2.30. The summed E-state index contributed by atoms with van der Waals surface area (Å²) in [5.74, 6) is 0.0531. The molecule has 3 aromatic rings. The Morgan fingerprint density at radius 2 is 1.80 bits per heavy atom. The molecular weight excluding hydrogens is 348 g/mol. The third kappa shape index (κ3) is 5.18. The second kappa shape index (κ2) is 8.83. The van der Waals surface area contributed by atoms with Crippen LogP contribution in [0.2, 0.25) is 0 Å². The van der Waals surface area contributed by atoms with Crippen molar-refractivity contribution in [3.63, 3.8) is 0 Å². The zero-order valence-corrected chi connectivity index (χ0v) is 15.6. The lowest BCUT2D eigenvalue weighted by Gasteiger charge is -2.10. The Labute approximate surface area is 156 Å². The normalized spacial score (nSPS) is 11.9. The fourth-order valence-electron chi connectivity index (χ4n) is 2.38. The van der Waals surface area contributed by atoms with Gasteiger partial charge in [-0.1, -0.05) is 72.4 Å². The van der Waals surface area contributed by atoms with Gasteiger partial charge in [0.2, 0.25) is 5.91 Å². The topological polar surface area (TPSA) is 42.0 Å². The van der Waals surface area contributed by atoms with Gasteiger partial charge in [-0.05, 0) is 18.9 Å². The molecule has 0 aliphatic carbocycles. The number of rotatable bonds is 7. The molecule has 0 unspecified atom stereocenters. The van der Waals surface area contributed by atoms with E-state index in [1.807, 2.05) is 60.8 Å². The minimum atomic E-state index is -0.162. The predicted molar refractivity (Wildman–Crippen MR) is 106 cm³/mol. The summed E-state index contributed by atoms with van der Waals surface area (Å²) >= 11 is 3.09. The van der Waals surface area contributed by atoms with Gasteiger partial charge >= 0.3 is 0 Å². The number of amides is 1. The van der Waals surface area contributed by atoms with Crippen molar-refractivity contribution < 1.29 is 4.79 Å². The average Bonchev–Trinajstić information content (AvgIpc) is 3.12. The molecular formula is C20H20N2OS2. The Morgan fingerprint density at radius 1 is 1.12 bits per heavy atom. The number of carbonyl (C=O) groups excluding carboxylic acids is 1. The van der Waals surface area contributed by atoms with E-state index in [2.05, 4.69) is 22.4 Å². The lowest BCUT2D eigenvalue weighted by molar-refractivity contribution is -0.120. The molecule has 0 fully saturated rings. The third-order valence-electron chi connectivity index (χ3n) is 3.76. The minimum absolute atomic E-state index is 0.0531. The Balaban J connectivity index is 1.49. The quantitative estimate of drug-likeness (QED) is 0.617. The van der Waals surface area contributed by atoms with Crippen molar-refractivity contribution >= 4 is 29.0 Å². The summed E-state index contributed by atoms with van der Waals surface area (Å²) in [5.41, 5.74) is 3.30. The molecule has 2 aromatic carbocycles. The molecule has 0 bridgehead atoms. The lowest BCUT2D eigenvalue weighted by Crippen LogP contribution is -2.32. The molecule has 0 saturated carbocycles. The second-order valence-electron chi connectivity index (χ2n) is 5.65. The monoisotopic (exact) mass is 368 g/mol. The Morgan fingerprint density at radius 3 is 2.52 bits per heavy atom. The van der Waals surface area contributed by atoms with Gasteiger partial charge in [-0.3, -0.25) is 4.79 Å². The number of hydrogen-bond acceptors (Lipinski definition) is 4. The van der Waals surface area contributed by atoms with Gasteiger partial charge in [0.1, 0.15) is 0 Å². The van der Waals surface area contributed by atoms with E-state index >= 15 is 0 Å². The van der Waals surface area contributed by atoms with Crippen molar-refractivity contribution in [2.45, 2.75) is 22.9 Å². The molecule has 5 heteroatoms. The number of carbonyl (C=O) groups is 1. The molecule has 128 valence electrons. The first-order valence-corrected chi connectivity index (χ1v) is 9.97. The molecule has 3 nitrogen and oxygen atoms in total. The van der Waals surface area contributed by atoms with Gasteiger partial charge in [0, 0.05) is 17.5 Å². The summed E-state index contributed by atoms with van der Waals surface area (Å²) < 4.78 is 0.921. The fraction of sp³-hybridized carbons (Fsp3) is 0.200. The van der Waals surface area contributed by atoms with Gasteiger partial charge in [-0.15, -0.1) is 11.3 Å². The van der Waals surface area contributed by atoms with Crippen molar-refractivity contribution in [3.05, 3.63) is 71.6 Å². The van der Waals surface area contributed by atoms with Crippen LogP contribution < -0.4 is 5.32 Å². The highest BCUT2D eigenvalue weighted by molar-refractivity contribution is 8.02. The maximum absolute atomic E-state index is 12.3. The van der Waals surface area contributed by atoms with E-state index in [1.54, 1.807) is 11.3 Å². The molecule has 0 radical (unpaired) electrons. The van der Waals surface area contributed by atoms with Gasteiger partial charge in [0.25, 0.3) is 0 Å². The van der Waals surface area contributed by atoms with Crippen LogP contribution in [0.4, 0.5) is 0 Å². The van der Waals surface area contributed by atoms with E-state index in [0.717, 1.165) is 22.0 Å². The Kier molecular flexibility index (Phi) is 6.25. The lowest BCUT2D eigenvalue weighted by atomic mass is 10.1. The van der Waals surface area contributed by atoms with Crippen LogP contribution in [0, 0.1) is 0 Å². The number of nitrogens with zero attached hydrogens (tertiary/aromatic N) is 1.